The number of allylic oxidation sites excluding steroid dienone is 1. The van der Waals surface area contributed by atoms with Crippen molar-refractivity contribution in [2.24, 2.45) is 0 Å². The summed E-state index contributed by atoms with van der Waals surface area (Å²) in [5.41, 5.74) is 11.7. The van der Waals surface area contributed by atoms with E-state index in [1.807, 2.05) is 70.0 Å². The summed E-state index contributed by atoms with van der Waals surface area (Å²) in [6.07, 6.45) is 2.48. The molecule has 4 aromatic carbocycles. The predicted molar refractivity (Wildman–Crippen MR) is 164 cm³/mol. The van der Waals surface area contributed by atoms with Gasteiger partial charge in [-0.25, -0.2) is 0 Å². The van der Waals surface area contributed by atoms with Crippen LogP contribution >= 0.6 is 0 Å². The number of phenolic OH excluding ortho intramolecular Hbond substituents is 3. The second-order valence-electron chi connectivity index (χ2n) is 8.80. The van der Waals surface area contributed by atoms with Crippen LogP contribution < -0.4 is 0 Å². The standard InChI is InChI=1S/C10H6N2O4S.3C7H8O.CH2O/c11-12-8-5-4-6-7(10(8)13)2-1-3-9(6)17(14,15)16;1-6-2-4-7(8)5-3-6;1-6-3-2-4-7(8)5-6;1-6-4-2-3-5-7(6)8;1-2/h1-5H,(H,14,15,16);3*2-5,8H,1H3;1H2. The van der Waals surface area contributed by atoms with Crippen molar-refractivity contribution in [2.75, 3.05) is 0 Å². The Balaban J connectivity index is 0.000000302. The van der Waals surface area contributed by atoms with Gasteiger partial charge in [0, 0.05) is 17.2 Å². The first-order chi connectivity index (χ1) is 20.3. The van der Waals surface area contributed by atoms with E-state index >= 15 is 0 Å². The zero-order valence-electron chi connectivity index (χ0n) is 23.7. The molecule has 0 saturated carbocycles. The molecule has 0 radical (unpaired) electrons. The van der Waals surface area contributed by atoms with Crippen molar-refractivity contribution in [3.8, 4) is 17.2 Å². The van der Waals surface area contributed by atoms with Gasteiger partial charge in [0.05, 0.1) is 0 Å². The molecule has 0 unspecified atom stereocenters. The number of aromatic hydroxyl groups is 3. The monoisotopic (exact) mass is 604 g/mol. The number of carbonyl (C=O) groups is 2. The highest BCUT2D eigenvalue weighted by Gasteiger charge is 2.29. The minimum atomic E-state index is -4.40. The molecule has 224 valence electrons. The third-order valence-corrected chi connectivity index (χ3v) is 6.40. The highest BCUT2D eigenvalue weighted by Crippen LogP contribution is 2.25. The molecule has 43 heavy (non-hydrogen) atoms. The summed E-state index contributed by atoms with van der Waals surface area (Å²) in [5.74, 6) is 0.434. The van der Waals surface area contributed by atoms with Gasteiger partial charge < -0.3 is 25.6 Å². The van der Waals surface area contributed by atoms with Crippen LogP contribution in [0.1, 0.15) is 32.6 Å². The van der Waals surface area contributed by atoms with Crippen molar-refractivity contribution in [1.82, 2.24) is 0 Å². The second-order valence-corrected chi connectivity index (χ2v) is 10.2. The Hall–Kier alpha value is -5.35. The van der Waals surface area contributed by atoms with Gasteiger partial charge in [-0.05, 0) is 74.4 Å². The first kappa shape index (κ1) is 35.7. The fraction of sp³-hybridized carbons (Fsp3) is 0.0938. The maximum Gasteiger partial charge on any atom is 0.362 e. The maximum absolute atomic E-state index is 11.7. The molecular formula is C32H32N2O8S. The molecule has 0 heterocycles. The summed E-state index contributed by atoms with van der Waals surface area (Å²) >= 11 is 0. The molecular weight excluding hydrogens is 572 g/mol. The molecule has 4 aromatic rings. The van der Waals surface area contributed by atoms with Gasteiger partial charge in [0.25, 0.3) is 15.9 Å². The number of fused-ring (bicyclic) bond motifs is 1. The highest BCUT2D eigenvalue weighted by molar-refractivity contribution is 7.86. The Bertz CT molecular complexity index is 1650. The molecule has 0 fully saturated rings. The number of rotatable bonds is 1. The lowest BCUT2D eigenvalue weighted by atomic mass is 9.95. The lowest BCUT2D eigenvalue weighted by Gasteiger charge is -2.09. The Morgan fingerprint density at radius 3 is 1.77 bits per heavy atom. The van der Waals surface area contributed by atoms with Crippen molar-refractivity contribution in [3.63, 3.8) is 0 Å². The number of Topliss-reactive ketones (excluding diaryl/α,β-unsaturated/α-hetero) is 1. The van der Waals surface area contributed by atoms with E-state index in [-0.39, 0.29) is 21.7 Å². The largest absolute Gasteiger partial charge is 0.508 e. The van der Waals surface area contributed by atoms with Gasteiger partial charge in [-0.15, -0.1) is 0 Å². The van der Waals surface area contributed by atoms with Gasteiger partial charge in [0.1, 0.15) is 28.9 Å². The van der Waals surface area contributed by atoms with E-state index in [0.717, 1.165) is 11.1 Å². The van der Waals surface area contributed by atoms with Gasteiger partial charge in [-0.1, -0.05) is 60.2 Å². The van der Waals surface area contributed by atoms with Crippen LogP contribution in [0.25, 0.3) is 11.6 Å². The predicted octanol–water partition coefficient (Wildman–Crippen LogP) is 5.73. The second kappa shape index (κ2) is 17.5. The average molecular weight is 605 g/mol. The summed E-state index contributed by atoms with van der Waals surface area (Å²) < 4.78 is 31.2. The molecule has 0 aromatic heterocycles. The molecule has 10 nitrogen and oxygen atoms in total. The Morgan fingerprint density at radius 2 is 1.33 bits per heavy atom. The third-order valence-electron chi connectivity index (χ3n) is 5.49. The van der Waals surface area contributed by atoms with E-state index in [4.69, 9.17) is 30.2 Å². The molecule has 0 saturated heterocycles. The number of phenols is 3. The molecule has 0 aliphatic heterocycles. The average Bonchev–Trinajstić information content (AvgIpc) is 2.98. The zero-order chi connectivity index (χ0) is 32.6. The number of aryl methyl sites for hydroxylation is 3. The van der Waals surface area contributed by atoms with Gasteiger partial charge >= 0.3 is 5.71 Å². The van der Waals surface area contributed by atoms with Crippen LogP contribution in [-0.2, 0) is 14.9 Å². The number of carbonyl (C=O) groups excluding carboxylic acids is 2. The van der Waals surface area contributed by atoms with Crippen LogP contribution in [0.15, 0.2) is 102 Å². The van der Waals surface area contributed by atoms with E-state index in [1.54, 1.807) is 30.3 Å². The number of nitrogens with zero attached hydrogens (tertiary/aromatic N) is 2. The van der Waals surface area contributed by atoms with Gasteiger partial charge in [-0.2, -0.15) is 13.2 Å². The molecule has 5 rings (SSSR count). The van der Waals surface area contributed by atoms with Crippen LogP contribution in [0.4, 0.5) is 0 Å². The number of hydrogen-bond acceptors (Lipinski definition) is 7. The maximum atomic E-state index is 11.7. The molecule has 0 spiro atoms. The van der Waals surface area contributed by atoms with Crippen molar-refractivity contribution >= 4 is 34.5 Å². The van der Waals surface area contributed by atoms with Crippen LogP contribution in [0.5, 0.6) is 17.2 Å². The van der Waals surface area contributed by atoms with E-state index in [2.05, 4.69) is 4.79 Å². The van der Waals surface area contributed by atoms with Crippen LogP contribution in [0, 0.1) is 20.8 Å². The quantitative estimate of drug-likeness (QED) is 0.120. The summed E-state index contributed by atoms with van der Waals surface area (Å²) in [6, 6.07) is 25.4. The lowest BCUT2D eigenvalue weighted by Crippen LogP contribution is -2.19. The van der Waals surface area contributed by atoms with Crippen molar-refractivity contribution in [3.05, 3.63) is 130 Å². The summed E-state index contributed by atoms with van der Waals surface area (Å²) in [4.78, 5) is 22.1. The fourth-order valence-electron chi connectivity index (χ4n) is 3.33. The highest BCUT2D eigenvalue weighted by atomic mass is 32.2. The zero-order valence-corrected chi connectivity index (χ0v) is 24.6. The van der Waals surface area contributed by atoms with Gasteiger partial charge in [0.15, 0.2) is 0 Å². The Kier molecular flexibility index (Phi) is 14.5. The number of benzene rings is 4. The summed E-state index contributed by atoms with van der Waals surface area (Å²) in [6.45, 7) is 7.80. The molecule has 0 bridgehead atoms. The number of ketones is 1. The lowest BCUT2D eigenvalue weighted by molar-refractivity contribution is -0.0980. The number of para-hydroxylation sites is 1. The molecule has 1 aliphatic rings. The number of hydrogen-bond donors (Lipinski definition) is 4. The fourth-order valence-corrected chi connectivity index (χ4v) is 4.04. The van der Waals surface area contributed by atoms with E-state index < -0.39 is 15.9 Å². The molecule has 11 heteroatoms. The first-order valence-electron chi connectivity index (χ1n) is 12.4. The summed E-state index contributed by atoms with van der Waals surface area (Å²) in [5, 5.41) is 26.5. The Labute approximate surface area is 250 Å². The van der Waals surface area contributed by atoms with E-state index in [1.165, 1.54) is 35.9 Å². The van der Waals surface area contributed by atoms with Gasteiger partial charge in [-0.3, -0.25) is 9.35 Å². The molecule has 4 N–H and O–H groups in total. The van der Waals surface area contributed by atoms with E-state index in [9.17, 15) is 13.2 Å². The third kappa shape index (κ3) is 12.0. The van der Waals surface area contributed by atoms with Crippen molar-refractivity contribution < 1.29 is 42.7 Å². The topological polar surface area (TPSA) is 186 Å². The summed E-state index contributed by atoms with van der Waals surface area (Å²) in [7, 11) is -4.40. The molecule has 0 atom stereocenters. The van der Waals surface area contributed by atoms with Crippen molar-refractivity contribution in [2.45, 2.75) is 25.7 Å². The normalized spacial score (nSPS) is 10.9. The van der Waals surface area contributed by atoms with E-state index in [0.29, 0.717) is 17.2 Å². The Morgan fingerprint density at radius 1 is 0.721 bits per heavy atom. The van der Waals surface area contributed by atoms with Crippen LogP contribution in [0.3, 0.4) is 0 Å². The van der Waals surface area contributed by atoms with Crippen LogP contribution in [0.2, 0.25) is 0 Å². The van der Waals surface area contributed by atoms with Gasteiger partial charge in [0.2, 0.25) is 0 Å². The first-order valence-corrected chi connectivity index (χ1v) is 13.9. The molecule has 0 amide bonds. The van der Waals surface area contributed by atoms with Crippen LogP contribution in [-0.4, -0.2) is 51.4 Å². The smallest absolute Gasteiger partial charge is 0.362 e. The minimum Gasteiger partial charge on any atom is -0.508 e. The van der Waals surface area contributed by atoms with Crippen molar-refractivity contribution in [1.29, 1.82) is 0 Å². The molecule has 1 aliphatic carbocycles. The minimum absolute atomic E-state index is 0.0652. The SMILES string of the molecule is C=O.Cc1ccc(O)cc1.Cc1cccc(O)c1.Cc1ccccc1O.[N-]=[N+]=C1C=Cc2c(cccc2S(=O)(=O)O)C1=O.